The van der Waals surface area contributed by atoms with Crippen LogP contribution in [0.3, 0.4) is 0 Å². The molecule has 2 aliphatic rings. The molecule has 4 heteroatoms. The highest BCUT2D eigenvalue weighted by molar-refractivity contribution is 5.78. The number of aliphatic imine (C=N–C) groups is 1. The minimum Gasteiger partial charge on any atom is -0.373 e. The number of rotatable bonds is 4. The molecule has 1 saturated heterocycles. The highest BCUT2D eigenvalue weighted by Gasteiger charge is 2.29. The molecule has 3 rings (SSSR count). The summed E-state index contributed by atoms with van der Waals surface area (Å²) in [5.41, 5.74) is 7.19. The van der Waals surface area contributed by atoms with Gasteiger partial charge < -0.3 is 15.8 Å². The second-order valence-corrected chi connectivity index (χ2v) is 5.75. The molecule has 108 valence electrons. The fourth-order valence-corrected chi connectivity index (χ4v) is 2.85. The monoisotopic (exact) mass is 273 g/mol. The highest BCUT2D eigenvalue weighted by Crippen LogP contribution is 2.34. The summed E-state index contributed by atoms with van der Waals surface area (Å²) in [7, 11) is 0. The van der Waals surface area contributed by atoms with Crippen LogP contribution in [0, 0.1) is 5.92 Å². The van der Waals surface area contributed by atoms with Crippen molar-refractivity contribution >= 4 is 5.96 Å². The van der Waals surface area contributed by atoms with Crippen LogP contribution in [0.1, 0.15) is 37.4 Å². The number of hydrogen-bond donors (Lipinski definition) is 2. The molecule has 0 amide bonds. The predicted molar refractivity (Wildman–Crippen MR) is 80.5 cm³/mol. The third-order valence-corrected chi connectivity index (χ3v) is 4.30. The van der Waals surface area contributed by atoms with Crippen molar-refractivity contribution in [3.63, 3.8) is 0 Å². The second-order valence-electron chi connectivity index (χ2n) is 5.75. The van der Waals surface area contributed by atoms with Crippen molar-refractivity contribution in [3.05, 3.63) is 35.9 Å². The number of hydrogen-bond acceptors (Lipinski definition) is 2. The van der Waals surface area contributed by atoms with E-state index in [9.17, 15) is 0 Å². The summed E-state index contributed by atoms with van der Waals surface area (Å²) >= 11 is 0. The molecule has 0 bridgehead atoms. The molecular weight excluding hydrogens is 250 g/mol. The van der Waals surface area contributed by atoms with Crippen molar-refractivity contribution in [1.29, 1.82) is 0 Å². The van der Waals surface area contributed by atoms with Gasteiger partial charge in [0, 0.05) is 25.1 Å². The standard InChI is InChI=1S/C16H23N3O/c17-16(19-14-7-4-8-14)18-11-13-9-10-20-15(13)12-5-2-1-3-6-12/h1-3,5-6,13-15H,4,7-11H2,(H3,17,18,19)/t13-,15-/m0/s1. The van der Waals surface area contributed by atoms with Gasteiger partial charge in [-0.2, -0.15) is 0 Å². The van der Waals surface area contributed by atoms with Crippen molar-refractivity contribution in [2.24, 2.45) is 16.6 Å². The SMILES string of the molecule is NC(=NC[C@@H]1CCO[C@H]1c1ccccc1)NC1CCC1. The van der Waals surface area contributed by atoms with Crippen LogP contribution < -0.4 is 11.1 Å². The van der Waals surface area contributed by atoms with Gasteiger partial charge in [-0.25, -0.2) is 0 Å². The average molecular weight is 273 g/mol. The maximum atomic E-state index is 5.94. The van der Waals surface area contributed by atoms with Crippen molar-refractivity contribution in [3.8, 4) is 0 Å². The van der Waals surface area contributed by atoms with E-state index in [1.165, 1.54) is 24.8 Å². The first kappa shape index (κ1) is 13.4. The van der Waals surface area contributed by atoms with Gasteiger partial charge in [-0.15, -0.1) is 0 Å². The molecule has 2 fully saturated rings. The minimum atomic E-state index is 0.163. The Labute approximate surface area is 120 Å². The van der Waals surface area contributed by atoms with Crippen LogP contribution in [0.5, 0.6) is 0 Å². The summed E-state index contributed by atoms with van der Waals surface area (Å²) in [6.45, 7) is 1.56. The molecule has 1 heterocycles. The summed E-state index contributed by atoms with van der Waals surface area (Å²) in [6, 6.07) is 11.0. The van der Waals surface area contributed by atoms with E-state index >= 15 is 0 Å². The quantitative estimate of drug-likeness (QED) is 0.653. The molecule has 0 spiro atoms. The van der Waals surface area contributed by atoms with Crippen molar-refractivity contribution in [1.82, 2.24) is 5.32 Å². The molecule has 3 N–H and O–H groups in total. The van der Waals surface area contributed by atoms with Crippen LogP contribution in [0.4, 0.5) is 0 Å². The molecule has 0 aromatic heterocycles. The summed E-state index contributed by atoms with van der Waals surface area (Å²) < 4.78 is 5.87. The van der Waals surface area contributed by atoms with Crippen molar-refractivity contribution in [2.45, 2.75) is 37.8 Å². The lowest BCUT2D eigenvalue weighted by Gasteiger charge is -2.27. The lowest BCUT2D eigenvalue weighted by Crippen LogP contribution is -2.43. The van der Waals surface area contributed by atoms with Gasteiger partial charge in [0.1, 0.15) is 0 Å². The van der Waals surface area contributed by atoms with Crippen LogP contribution in [-0.2, 0) is 4.74 Å². The van der Waals surface area contributed by atoms with Gasteiger partial charge in [-0.05, 0) is 31.2 Å². The zero-order valence-corrected chi connectivity index (χ0v) is 11.8. The number of nitrogens with one attached hydrogen (secondary N) is 1. The Morgan fingerprint density at radius 2 is 2.05 bits per heavy atom. The predicted octanol–water partition coefficient (Wildman–Crippen LogP) is 2.22. The van der Waals surface area contributed by atoms with Gasteiger partial charge in [0.2, 0.25) is 0 Å². The van der Waals surface area contributed by atoms with Crippen molar-refractivity contribution < 1.29 is 4.74 Å². The molecule has 1 aliphatic carbocycles. The topological polar surface area (TPSA) is 59.6 Å². The Morgan fingerprint density at radius 1 is 1.25 bits per heavy atom. The smallest absolute Gasteiger partial charge is 0.188 e. The van der Waals surface area contributed by atoms with E-state index in [-0.39, 0.29) is 6.10 Å². The zero-order valence-electron chi connectivity index (χ0n) is 11.8. The molecule has 1 aromatic carbocycles. The Hall–Kier alpha value is -1.55. The van der Waals surface area contributed by atoms with Crippen LogP contribution >= 0.6 is 0 Å². The maximum absolute atomic E-state index is 5.94. The average Bonchev–Trinajstić information content (AvgIpc) is 2.90. The van der Waals surface area contributed by atoms with Crippen LogP contribution in [0.15, 0.2) is 35.3 Å². The van der Waals surface area contributed by atoms with Crippen LogP contribution in [-0.4, -0.2) is 25.2 Å². The number of nitrogens with two attached hydrogens (primary N) is 1. The zero-order chi connectivity index (χ0) is 13.8. The third kappa shape index (κ3) is 3.12. The van der Waals surface area contributed by atoms with E-state index in [2.05, 4.69) is 34.6 Å². The van der Waals surface area contributed by atoms with E-state index < -0.39 is 0 Å². The van der Waals surface area contributed by atoms with Gasteiger partial charge >= 0.3 is 0 Å². The van der Waals surface area contributed by atoms with E-state index in [0.717, 1.165) is 19.6 Å². The molecule has 1 aromatic rings. The number of nitrogens with zero attached hydrogens (tertiary/aromatic N) is 1. The molecule has 0 radical (unpaired) electrons. The van der Waals surface area contributed by atoms with E-state index in [0.29, 0.717) is 17.9 Å². The Morgan fingerprint density at radius 3 is 2.75 bits per heavy atom. The number of benzene rings is 1. The first-order chi connectivity index (χ1) is 9.83. The normalized spacial score (nSPS) is 27.3. The lowest BCUT2D eigenvalue weighted by atomic mass is 9.93. The van der Waals surface area contributed by atoms with Crippen LogP contribution in [0.2, 0.25) is 0 Å². The van der Waals surface area contributed by atoms with Crippen molar-refractivity contribution in [2.75, 3.05) is 13.2 Å². The van der Waals surface area contributed by atoms with Gasteiger partial charge in [-0.3, -0.25) is 4.99 Å². The largest absolute Gasteiger partial charge is 0.373 e. The van der Waals surface area contributed by atoms with Gasteiger partial charge in [0.25, 0.3) is 0 Å². The first-order valence-electron chi connectivity index (χ1n) is 7.56. The van der Waals surface area contributed by atoms with E-state index in [1.807, 2.05) is 6.07 Å². The maximum Gasteiger partial charge on any atom is 0.188 e. The Bertz CT molecular complexity index is 456. The summed E-state index contributed by atoms with van der Waals surface area (Å²) in [4.78, 5) is 4.51. The highest BCUT2D eigenvalue weighted by atomic mass is 16.5. The van der Waals surface area contributed by atoms with Gasteiger partial charge in [-0.1, -0.05) is 30.3 Å². The first-order valence-corrected chi connectivity index (χ1v) is 7.56. The van der Waals surface area contributed by atoms with E-state index in [1.54, 1.807) is 0 Å². The molecule has 2 atom stereocenters. The number of ether oxygens (including phenoxy) is 1. The fourth-order valence-electron chi connectivity index (χ4n) is 2.85. The Kier molecular flexibility index (Phi) is 4.21. The van der Waals surface area contributed by atoms with Gasteiger partial charge in [0.15, 0.2) is 5.96 Å². The molecule has 4 nitrogen and oxygen atoms in total. The molecule has 0 unspecified atom stereocenters. The Balaban J connectivity index is 1.57. The molecule has 20 heavy (non-hydrogen) atoms. The molecule has 1 aliphatic heterocycles. The molecular formula is C16H23N3O. The lowest BCUT2D eigenvalue weighted by molar-refractivity contribution is 0.0925. The van der Waals surface area contributed by atoms with E-state index in [4.69, 9.17) is 10.5 Å². The summed E-state index contributed by atoms with van der Waals surface area (Å²) in [5, 5.41) is 3.28. The fraction of sp³-hybridized carbons (Fsp3) is 0.562. The summed E-state index contributed by atoms with van der Waals surface area (Å²) in [5.74, 6) is 1.02. The third-order valence-electron chi connectivity index (χ3n) is 4.30. The summed E-state index contributed by atoms with van der Waals surface area (Å²) in [6.07, 6.45) is 4.96. The van der Waals surface area contributed by atoms with Gasteiger partial charge in [0.05, 0.1) is 6.10 Å². The molecule has 1 saturated carbocycles. The van der Waals surface area contributed by atoms with Crippen LogP contribution in [0.25, 0.3) is 0 Å². The number of guanidine groups is 1. The minimum absolute atomic E-state index is 0.163. The second kappa shape index (κ2) is 6.27.